The Balaban J connectivity index is 2.35. The molecule has 1 aliphatic heterocycles. The first kappa shape index (κ1) is 48.6. The lowest BCUT2D eigenvalue weighted by molar-refractivity contribution is -0.138. The van der Waals surface area contributed by atoms with Crippen molar-refractivity contribution in [1.29, 1.82) is 0 Å². The van der Waals surface area contributed by atoms with E-state index in [0.29, 0.717) is 18.5 Å². The second kappa shape index (κ2) is 24.3. The molecule has 0 saturated carbocycles. The van der Waals surface area contributed by atoms with Crippen LogP contribution in [0, 0.1) is 5.92 Å². The number of likely N-dealkylation sites (tertiary alicyclic amines) is 1. The van der Waals surface area contributed by atoms with E-state index < -0.39 is 89.9 Å². The van der Waals surface area contributed by atoms with E-state index in [-0.39, 0.29) is 48.5 Å². The molecule has 20 heteroatoms. The topological polar surface area (TPSA) is 298 Å². The van der Waals surface area contributed by atoms with Crippen LogP contribution in [-0.2, 0) is 44.8 Å². The molecule has 1 aliphatic rings. The smallest absolute Gasteiger partial charge is 0.246 e. The molecule has 0 aliphatic carbocycles. The summed E-state index contributed by atoms with van der Waals surface area (Å²) in [6.45, 7) is 5.90. The molecule has 8 atom stereocenters. The van der Waals surface area contributed by atoms with Crippen molar-refractivity contribution in [2.45, 2.75) is 108 Å². The third kappa shape index (κ3) is 16.1. The summed E-state index contributed by atoms with van der Waals surface area (Å²) < 4.78 is 0. The minimum absolute atomic E-state index is 0.00198. The SMILES string of the molecule is CC[C@H](C)[C@H](NC(=O)[C@H](Cc1ccc(O)cc1)NC(=O)[C@@H](N)CSC)C(=O)N[C@@H](CCC(N)=O)C(=O)N[C@@H](CC(N)=O)C(=O)N[C@@H](CSC)C(=O)N1CCC[C@H]1C. The quantitative estimate of drug-likeness (QED) is 0.0582. The molecule has 1 aromatic rings. The molecule has 0 unspecified atom stereocenters. The average molecular weight is 838 g/mol. The Morgan fingerprint density at radius 1 is 0.789 bits per heavy atom. The molecule has 0 spiro atoms. The molecule has 12 N–H and O–H groups in total. The molecule has 18 nitrogen and oxygen atoms in total. The Kier molecular flexibility index (Phi) is 20.7. The maximum Gasteiger partial charge on any atom is 0.246 e. The molecule has 1 aromatic carbocycles. The minimum atomic E-state index is -1.55. The van der Waals surface area contributed by atoms with E-state index in [1.54, 1.807) is 43.4 Å². The average Bonchev–Trinajstić information content (AvgIpc) is 3.59. The molecule has 0 bridgehead atoms. The van der Waals surface area contributed by atoms with Gasteiger partial charge in [0, 0.05) is 36.9 Å². The van der Waals surface area contributed by atoms with Crippen LogP contribution in [0.4, 0.5) is 0 Å². The number of hydrogen-bond acceptors (Lipinski definition) is 12. The Morgan fingerprint density at radius 2 is 1.35 bits per heavy atom. The Hall–Kier alpha value is -4.56. The summed E-state index contributed by atoms with van der Waals surface area (Å²) in [6.07, 6.45) is 4.21. The van der Waals surface area contributed by atoms with Crippen LogP contribution in [0.2, 0.25) is 0 Å². The number of nitrogens with zero attached hydrogens (tertiary/aromatic N) is 1. The highest BCUT2D eigenvalue weighted by Crippen LogP contribution is 2.19. The van der Waals surface area contributed by atoms with Gasteiger partial charge in [0.25, 0.3) is 0 Å². The van der Waals surface area contributed by atoms with Gasteiger partial charge in [0.2, 0.25) is 47.3 Å². The van der Waals surface area contributed by atoms with Gasteiger partial charge >= 0.3 is 0 Å². The van der Waals surface area contributed by atoms with E-state index in [1.165, 1.54) is 35.7 Å². The number of nitrogens with one attached hydrogen (secondary N) is 5. The maximum absolute atomic E-state index is 14.0. The van der Waals surface area contributed by atoms with Crippen LogP contribution >= 0.6 is 23.5 Å². The van der Waals surface area contributed by atoms with Gasteiger partial charge in [0.15, 0.2) is 0 Å². The standard InChI is InChI=1S/C37H59N9O9S2/c1-6-20(2)31(45-35(53)26(42-32(50)24(38)18-56-4)16-22-9-11-23(47)12-10-22)36(54)41-25(13-14-29(39)48)33(51)43-27(17-30(40)49)34(52)44-28(19-57-5)37(55)46-15-7-8-21(46)3/h9-12,20-21,24-28,31,47H,6-8,13-19,38H2,1-5H3,(H2,39,48)(H2,40,49)(H,41,54)(H,42,50)(H,43,51)(H,44,52)(H,45,53)/t20-,21+,24-,25-,26-,27-,28-,31-/m0/s1. The third-order valence-corrected chi connectivity index (χ3v) is 11.0. The van der Waals surface area contributed by atoms with E-state index in [0.717, 1.165) is 12.8 Å². The van der Waals surface area contributed by atoms with Gasteiger partial charge in [-0.05, 0) is 62.3 Å². The number of phenolic OH excluding ortho intramolecular Hbond substituents is 1. The van der Waals surface area contributed by atoms with Crippen molar-refractivity contribution >= 4 is 70.8 Å². The van der Waals surface area contributed by atoms with Gasteiger partial charge in [-0.3, -0.25) is 38.4 Å². The highest BCUT2D eigenvalue weighted by Gasteiger charge is 2.36. The number of amides is 8. The van der Waals surface area contributed by atoms with Crippen molar-refractivity contribution in [3.05, 3.63) is 29.8 Å². The third-order valence-electron chi connectivity index (χ3n) is 9.62. The predicted molar refractivity (Wildman–Crippen MR) is 218 cm³/mol. The lowest BCUT2D eigenvalue weighted by Gasteiger charge is -2.30. The van der Waals surface area contributed by atoms with E-state index in [9.17, 15) is 43.5 Å². The molecule has 8 amide bonds. The van der Waals surface area contributed by atoms with Gasteiger partial charge in [-0.2, -0.15) is 23.5 Å². The highest BCUT2D eigenvalue weighted by molar-refractivity contribution is 7.98. The summed E-state index contributed by atoms with van der Waals surface area (Å²) in [5, 5.41) is 22.7. The van der Waals surface area contributed by atoms with Crippen molar-refractivity contribution in [1.82, 2.24) is 31.5 Å². The van der Waals surface area contributed by atoms with Gasteiger partial charge in [0.1, 0.15) is 36.0 Å². The van der Waals surface area contributed by atoms with Crippen LogP contribution in [0.15, 0.2) is 24.3 Å². The number of aromatic hydroxyl groups is 1. The zero-order valence-corrected chi connectivity index (χ0v) is 34.8. The van der Waals surface area contributed by atoms with Gasteiger partial charge in [0.05, 0.1) is 12.5 Å². The number of rotatable bonds is 24. The van der Waals surface area contributed by atoms with Crippen LogP contribution in [0.3, 0.4) is 0 Å². The van der Waals surface area contributed by atoms with Crippen LogP contribution in [0.5, 0.6) is 5.75 Å². The van der Waals surface area contributed by atoms with Crippen LogP contribution < -0.4 is 43.8 Å². The normalized spacial score (nSPS) is 17.4. The van der Waals surface area contributed by atoms with Crippen molar-refractivity contribution < 1.29 is 43.5 Å². The summed E-state index contributed by atoms with van der Waals surface area (Å²) in [5.41, 5.74) is 17.4. The molecular formula is C37H59N9O9S2. The first-order chi connectivity index (χ1) is 26.9. The molecule has 57 heavy (non-hydrogen) atoms. The largest absolute Gasteiger partial charge is 0.508 e. The summed E-state index contributed by atoms with van der Waals surface area (Å²) in [5.74, 6) is -6.01. The number of hydrogen-bond donors (Lipinski definition) is 9. The highest BCUT2D eigenvalue weighted by atomic mass is 32.2. The number of carbonyl (C=O) groups excluding carboxylic acids is 8. The Labute approximate surface area is 342 Å². The van der Waals surface area contributed by atoms with Crippen LogP contribution in [-0.4, -0.2) is 130 Å². The maximum atomic E-state index is 14.0. The summed E-state index contributed by atoms with van der Waals surface area (Å²) >= 11 is 2.66. The number of phenols is 1. The second-order valence-electron chi connectivity index (χ2n) is 14.2. The second-order valence-corrected chi connectivity index (χ2v) is 16.0. The Bertz CT molecular complexity index is 1570. The Morgan fingerprint density at radius 3 is 1.89 bits per heavy atom. The lowest BCUT2D eigenvalue weighted by Crippen LogP contribution is -2.61. The van der Waals surface area contributed by atoms with E-state index >= 15 is 0 Å². The number of thioether (sulfide) groups is 2. The minimum Gasteiger partial charge on any atom is -0.508 e. The first-order valence-corrected chi connectivity index (χ1v) is 21.6. The molecule has 2 rings (SSSR count). The van der Waals surface area contributed by atoms with Gasteiger partial charge in [-0.1, -0.05) is 32.4 Å². The molecule has 0 radical (unpaired) electrons. The fourth-order valence-electron chi connectivity index (χ4n) is 6.14. The fraction of sp³-hybridized carbons (Fsp3) is 0.622. The molecule has 1 fully saturated rings. The van der Waals surface area contributed by atoms with E-state index in [1.807, 2.05) is 6.92 Å². The monoisotopic (exact) mass is 837 g/mol. The fourth-order valence-corrected chi connectivity index (χ4v) is 7.21. The van der Waals surface area contributed by atoms with Gasteiger partial charge in [-0.25, -0.2) is 0 Å². The predicted octanol–water partition coefficient (Wildman–Crippen LogP) is -1.39. The first-order valence-electron chi connectivity index (χ1n) is 18.8. The summed E-state index contributed by atoms with van der Waals surface area (Å²) in [4.78, 5) is 107. The van der Waals surface area contributed by atoms with Crippen molar-refractivity contribution in [3.8, 4) is 5.75 Å². The van der Waals surface area contributed by atoms with Crippen LogP contribution in [0.25, 0.3) is 0 Å². The molecule has 0 aromatic heterocycles. The zero-order valence-electron chi connectivity index (χ0n) is 33.2. The molecule has 1 heterocycles. The molecule has 1 saturated heterocycles. The molecule has 318 valence electrons. The lowest BCUT2D eigenvalue weighted by atomic mass is 9.96. The van der Waals surface area contributed by atoms with Gasteiger partial charge < -0.3 is 53.8 Å². The number of benzene rings is 1. The number of primary amides is 2. The number of nitrogens with two attached hydrogens (primary N) is 3. The van der Waals surface area contributed by atoms with E-state index in [2.05, 4.69) is 26.6 Å². The van der Waals surface area contributed by atoms with Crippen molar-refractivity contribution in [2.24, 2.45) is 23.1 Å². The van der Waals surface area contributed by atoms with Gasteiger partial charge in [-0.15, -0.1) is 0 Å². The summed E-state index contributed by atoms with van der Waals surface area (Å²) in [6, 6.07) is -1.42. The summed E-state index contributed by atoms with van der Waals surface area (Å²) in [7, 11) is 0. The van der Waals surface area contributed by atoms with Crippen molar-refractivity contribution in [3.63, 3.8) is 0 Å². The van der Waals surface area contributed by atoms with E-state index in [4.69, 9.17) is 17.2 Å². The van der Waals surface area contributed by atoms with Crippen LogP contribution in [0.1, 0.15) is 64.9 Å². The molecular weight excluding hydrogens is 779 g/mol. The van der Waals surface area contributed by atoms with Crippen molar-refractivity contribution in [2.75, 3.05) is 30.6 Å². The number of carbonyl (C=O) groups is 8. The zero-order chi connectivity index (χ0) is 42.8.